The third kappa shape index (κ3) is 9.27. The molecule has 0 bridgehead atoms. The third-order valence-electron chi connectivity index (χ3n) is 5.87. The zero-order valence-electron chi connectivity index (χ0n) is 23.2. The molecule has 43 heavy (non-hydrogen) atoms. The summed E-state index contributed by atoms with van der Waals surface area (Å²) in [5, 5.41) is 9.13. The van der Waals surface area contributed by atoms with E-state index >= 15 is 0 Å². The summed E-state index contributed by atoms with van der Waals surface area (Å²) in [6.45, 7) is 0. The van der Waals surface area contributed by atoms with Crippen molar-refractivity contribution in [3.05, 3.63) is 118 Å². The van der Waals surface area contributed by atoms with Gasteiger partial charge in [-0.1, -0.05) is 47.5 Å². The van der Waals surface area contributed by atoms with Crippen molar-refractivity contribution in [3.8, 4) is 11.5 Å². The molecule has 3 N–H and O–H groups in total. The first kappa shape index (κ1) is 31.5. The fraction of sp³-hybridized carbons (Fsp3) is 0.0938. The highest BCUT2D eigenvalue weighted by atomic mass is 35.5. The Labute approximate surface area is 263 Å². The maximum Gasteiger partial charge on any atom is 0.272 e. The molecule has 0 aliphatic heterocycles. The van der Waals surface area contributed by atoms with E-state index in [-0.39, 0.29) is 17.4 Å². The van der Waals surface area contributed by atoms with E-state index in [1.54, 1.807) is 84.9 Å². The van der Waals surface area contributed by atoms with E-state index in [2.05, 4.69) is 16.0 Å². The lowest BCUT2D eigenvalue weighted by atomic mass is 10.1. The normalized spacial score (nSPS) is 10.9. The molecule has 8 nitrogen and oxygen atoms in total. The first-order valence-corrected chi connectivity index (χ1v) is 14.6. The molecule has 0 saturated carbocycles. The van der Waals surface area contributed by atoms with Crippen molar-refractivity contribution in [2.75, 3.05) is 30.6 Å². The Morgan fingerprint density at radius 1 is 0.791 bits per heavy atom. The number of rotatable bonds is 11. The van der Waals surface area contributed by atoms with Crippen LogP contribution in [0.15, 0.2) is 102 Å². The highest BCUT2D eigenvalue weighted by Crippen LogP contribution is 2.27. The van der Waals surface area contributed by atoms with Gasteiger partial charge in [-0.15, -0.1) is 11.8 Å². The molecule has 0 radical (unpaired) electrons. The van der Waals surface area contributed by atoms with Gasteiger partial charge in [-0.2, -0.15) is 0 Å². The van der Waals surface area contributed by atoms with Crippen LogP contribution in [0.1, 0.15) is 15.9 Å². The molecule has 4 rings (SSSR count). The van der Waals surface area contributed by atoms with Gasteiger partial charge in [0.2, 0.25) is 5.91 Å². The first-order chi connectivity index (χ1) is 20.7. The van der Waals surface area contributed by atoms with E-state index in [0.717, 1.165) is 4.90 Å². The number of anilines is 2. The molecule has 11 heteroatoms. The predicted molar refractivity (Wildman–Crippen MR) is 172 cm³/mol. The van der Waals surface area contributed by atoms with Crippen LogP contribution < -0.4 is 25.4 Å². The number of carbonyl (C=O) groups is 3. The number of hydrogen-bond donors (Lipinski definition) is 3. The molecule has 4 aromatic rings. The van der Waals surface area contributed by atoms with Gasteiger partial charge in [0.15, 0.2) is 0 Å². The molecular formula is C32H27Cl2N3O5S. The molecule has 0 spiro atoms. The van der Waals surface area contributed by atoms with Gasteiger partial charge in [-0.3, -0.25) is 14.4 Å². The summed E-state index contributed by atoms with van der Waals surface area (Å²) >= 11 is 13.3. The van der Waals surface area contributed by atoms with Gasteiger partial charge in [0.1, 0.15) is 17.2 Å². The van der Waals surface area contributed by atoms with Crippen molar-refractivity contribution >= 4 is 70.1 Å². The molecule has 0 aromatic heterocycles. The second-order valence-corrected chi connectivity index (χ2v) is 10.9. The summed E-state index contributed by atoms with van der Waals surface area (Å²) < 4.78 is 10.8. The Kier molecular flexibility index (Phi) is 11.1. The van der Waals surface area contributed by atoms with Crippen molar-refractivity contribution in [3.63, 3.8) is 0 Å². The average Bonchev–Trinajstić information content (AvgIpc) is 2.99. The highest BCUT2D eigenvalue weighted by molar-refractivity contribution is 8.00. The summed E-state index contributed by atoms with van der Waals surface area (Å²) in [4.78, 5) is 39.8. The minimum Gasteiger partial charge on any atom is -0.497 e. The van der Waals surface area contributed by atoms with Crippen LogP contribution in [0.4, 0.5) is 11.4 Å². The van der Waals surface area contributed by atoms with Crippen LogP contribution in [0.3, 0.4) is 0 Å². The predicted octanol–water partition coefficient (Wildman–Crippen LogP) is 7.15. The Hall–Kier alpha value is -4.44. The van der Waals surface area contributed by atoms with Gasteiger partial charge < -0.3 is 25.4 Å². The Morgan fingerprint density at radius 2 is 1.53 bits per heavy atom. The van der Waals surface area contributed by atoms with Crippen LogP contribution in [-0.2, 0) is 9.59 Å². The molecule has 220 valence electrons. The van der Waals surface area contributed by atoms with Gasteiger partial charge in [-0.25, -0.2) is 0 Å². The maximum absolute atomic E-state index is 13.5. The standard InChI is InChI=1S/C32H27Cl2N3O5S/c1-41-26-11-12-29(42-2)21(13-26)14-28(37-31(39)20-7-4-3-5-8-20)32(40)36-24-9-6-10-27(18-24)43-19-30(38)35-25-16-22(33)15-23(34)17-25/h3-18H,19H2,1-2H3,(H,35,38)(H,36,40)(H,37,39)/b28-14+. The molecule has 4 aromatic carbocycles. The number of methoxy groups -OCH3 is 2. The molecule has 0 aliphatic rings. The number of thioether (sulfide) groups is 1. The van der Waals surface area contributed by atoms with Crippen LogP contribution in [0.2, 0.25) is 10.0 Å². The maximum atomic E-state index is 13.5. The topological polar surface area (TPSA) is 106 Å². The second kappa shape index (κ2) is 15.2. The Morgan fingerprint density at radius 3 is 2.23 bits per heavy atom. The molecule has 0 atom stereocenters. The van der Waals surface area contributed by atoms with E-state index in [4.69, 9.17) is 32.7 Å². The van der Waals surface area contributed by atoms with Gasteiger partial charge >= 0.3 is 0 Å². The van der Waals surface area contributed by atoms with Crippen molar-refractivity contribution in [1.29, 1.82) is 0 Å². The highest BCUT2D eigenvalue weighted by Gasteiger charge is 2.17. The number of hydrogen-bond acceptors (Lipinski definition) is 6. The number of amides is 3. The zero-order chi connectivity index (χ0) is 30.8. The van der Waals surface area contributed by atoms with Crippen molar-refractivity contribution in [1.82, 2.24) is 5.32 Å². The Bertz CT molecular complexity index is 1640. The minimum absolute atomic E-state index is 0.0157. The average molecular weight is 637 g/mol. The molecule has 0 fully saturated rings. The quantitative estimate of drug-likeness (QED) is 0.119. The number of benzene rings is 4. The van der Waals surface area contributed by atoms with E-state index < -0.39 is 11.8 Å². The molecule has 0 unspecified atom stereocenters. The smallest absolute Gasteiger partial charge is 0.272 e. The van der Waals surface area contributed by atoms with Crippen LogP contribution in [0.5, 0.6) is 11.5 Å². The van der Waals surface area contributed by atoms with Gasteiger partial charge in [0, 0.05) is 37.4 Å². The molecule has 0 saturated heterocycles. The lowest BCUT2D eigenvalue weighted by Gasteiger charge is -2.14. The summed E-state index contributed by atoms with van der Waals surface area (Å²) in [6.07, 6.45) is 1.52. The van der Waals surface area contributed by atoms with Crippen LogP contribution >= 0.6 is 35.0 Å². The summed E-state index contributed by atoms with van der Waals surface area (Å²) in [6, 6.07) is 25.5. The van der Waals surface area contributed by atoms with Gasteiger partial charge in [0.05, 0.1) is 20.0 Å². The minimum atomic E-state index is -0.563. The molecule has 3 amide bonds. The van der Waals surface area contributed by atoms with E-state index in [1.807, 2.05) is 6.07 Å². The van der Waals surface area contributed by atoms with Gasteiger partial charge in [-0.05, 0) is 72.8 Å². The fourth-order valence-corrected chi connectivity index (χ4v) is 5.17. The van der Waals surface area contributed by atoms with Crippen LogP contribution in [-0.4, -0.2) is 37.7 Å². The van der Waals surface area contributed by atoms with Crippen molar-refractivity contribution in [2.45, 2.75) is 4.90 Å². The van der Waals surface area contributed by atoms with Crippen molar-refractivity contribution < 1.29 is 23.9 Å². The molecule has 0 heterocycles. The number of halogens is 2. The number of carbonyl (C=O) groups excluding carboxylic acids is 3. The number of nitrogens with one attached hydrogen (secondary N) is 3. The van der Waals surface area contributed by atoms with Crippen molar-refractivity contribution in [2.24, 2.45) is 0 Å². The SMILES string of the molecule is COc1ccc(OC)c(/C=C(/NC(=O)c2ccccc2)C(=O)Nc2cccc(SCC(=O)Nc3cc(Cl)cc(Cl)c3)c2)c1. The Balaban J connectivity index is 1.51. The lowest BCUT2D eigenvalue weighted by Crippen LogP contribution is -2.30. The van der Waals surface area contributed by atoms with E-state index in [0.29, 0.717) is 44.0 Å². The van der Waals surface area contributed by atoms with Crippen LogP contribution in [0, 0.1) is 0 Å². The molecular weight excluding hydrogens is 609 g/mol. The summed E-state index contributed by atoms with van der Waals surface area (Å²) in [5.41, 5.74) is 1.85. The summed E-state index contributed by atoms with van der Waals surface area (Å²) in [7, 11) is 3.04. The molecule has 0 aliphatic carbocycles. The van der Waals surface area contributed by atoms with E-state index in [1.165, 1.54) is 32.1 Å². The largest absolute Gasteiger partial charge is 0.497 e. The third-order valence-corrected chi connectivity index (χ3v) is 7.30. The fourth-order valence-electron chi connectivity index (χ4n) is 3.88. The summed E-state index contributed by atoms with van der Waals surface area (Å²) in [5.74, 6) is -0.133. The monoisotopic (exact) mass is 635 g/mol. The lowest BCUT2D eigenvalue weighted by molar-refractivity contribution is -0.114. The second-order valence-electron chi connectivity index (χ2n) is 8.96. The van der Waals surface area contributed by atoms with Gasteiger partial charge in [0.25, 0.3) is 11.8 Å². The first-order valence-electron chi connectivity index (χ1n) is 12.8. The zero-order valence-corrected chi connectivity index (χ0v) is 25.5. The van der Waals surface area contributed by atoms with Crippen LogP contribution in [0.25, 0.3) is 6.08 Å². The number of ether oxygens (including phenoxy) is 2. The van der Waals surface area contributed by atoms with E-state index in [9.17, 15) is 14.4 Å².